The Morgan fingerprint density at radius 2 is 1.67 bits per heavy atom. The van der Waals surface area contributed by atoms with E-state index in [0.717, 1.165) is 37.8 Å². The van der Waals surface area contributed by atoms with Gasteiger partial charge in [0.05, 0.1) is 5.69 Å². The second kappa shape index (κ2) is 7.98. The first-order valence-electron chi connectivity index (χ1n) is 9.84. The van der Waals surface area contributed by atoms with Gasteiger partial charge in [0.15, 0.2) is 11.6 Å². The Morgan fingerprint density at radius 1 is 0.963 bits per heavy atom. The van der Waals surface area contributed by atoms with Crippen LogP contribution in [0.25, 0.3) is 0 Å². The first-order chi connectivity index (χ1) is 13.2. The number of nitrogens with zero attached hydrogens (tertiary/aromatic N) is 4. The number of benzene rings is 1. The molecule has 2 aliphatic rings. The van der Waals surface area contributed by atoms with Gasteiger partial charge in [-0.15, -0.1) is 0 Å². The summed E-state index contributed by atoms with van der Waals surface area (Å²) in [5.41, 5.74) is 7.67. The summed E-state index contributed by atoms with van der Waals surface area (Å²) in [6.45, 7) is 2.96. The molecule has 4 rings (SSSR count). The molecule has 6 nitrogen and oxygen atoms in total. The minimum atomic E-state index is -0.175. The number of nitrogens with two attached hydrogens (primary N) is 1. The number of anilines is 4. The van der Waals surface area contributed by atoms with Crippen molar-refractivity contribution < 1.29 is 4.39 Å². The van der Waals surface area contributed by atoms with Crippen LogP contribution in [0.1, 0.15) is 32.1 Å². The molecule has 1 saturated carbocycles. The van der Waals surface area contributed by atoms with Crippen molar-refractivity contribution in [1.29, 1.82) is 0 Å². The lowest BCUT2D eigenvalue weighted by Gasteiger charge is -2.37. The van der Waals surface area contributed by atoms with Crippen LogP contribution in [0.5, 0.6) is 0 Å². The fourth-order valence-electron chi connectivity index (χ4n) is 4.06. The number of halogens is 1. The molecule has 7 heteroatoms. The van der Waals surface area contributed by atoms with Crippen LogP contribution in [0.3, 0.4) is 0 Å². The maximum atomic E-state index is 14.0. The monoisotopic (exact) mass is 370 g/mol. The predicted octanol–water partition coefficient (Wildman–Crippen LogP) is 3.27. The van der Waals surface area contributed by atoms with Crippen LogP contribution >= 0.6 is 0 Å². The van der Waals surface area contributed by atoms with Crippen LogP contribution < -0.4 is 20.9 Å². The van der Waals surface area contributed by atoms with E-state index in [4.69, 9.17) is 5.73 Å². The standard InChI is InChI=1S/C20H27FN6/c21-16-8-4-5-9-17(16)26-10-12-27(13-11-26)20-18(22)19(23-14-24-20)25-15-6-2-1-3-7-15/h4-5,8-9,14-15H,1-3,6-7,10-13,22H2,(H,23,24,25). The van der Waals surface area contributed by atoms with Gasteiger partial charge >= 0.3 is 0 Å². The third-order valence-electron chi connectivity index (χ3n) is 5.58. The zero-order chi connectivity index (χ0) is 18.6. The summed E-state index contributed by atoms with van der Waals surface area (Å²) in [7, 11) is 0. The molecule has 1 aliphatic carbocycles. The van der Waals surface area contributed by atoms with Crippen LogP contribution in [-0.4, -0.2) is 42.2 Å². The summed E-state index contributed by atoms with van der Waals surface area (Å²) >= 11 is 0. The highest BCUT2D eigenvalue weighted by Crippen LogP contribution is 2.30. The van der Waals surface area contributed by atoms with Crippen LogP contribution in [0, 0.1) is 5.82 Å². The number of nitrogen functional groups attached to an aromatic ring is 1. The van der Waals surface area contributed by atoms with Crippen molar-refractivity contribution in [2.24, 2.45) is 0 Å². The molecule has 2 heterocycles. The largest absolute Gasteiger partial charge is 0.393 e. The second-order valence-corrected chi connectivity index (χ2v) is 7.36. The molecule has 2 aromatic rings. The Kier molecular flexibility index (Phi) is 5.27. The normalized spacial score (nSPS) is 18.6. The van der Waals surface area contributed by atoms with Crippen molar-refractivity contribution in [3.8, 4) is 0 Å². The van der Waals surface area contributed by atoms with Gasteiger partial charge in [0.25, 0.3) is 0 Å². The van der Waals surface area contributed by atoms with Crippen molar-refractivity contribution in [1.82, 2.24) is 9.97 Å². The molecule has 27 heavy (non-hydrogen) atoms. The highest BCUT2D eigenvalue weighted by atomic mass is 19.1. The second-order valence-electron chi connectivity index (χ2n) is 7.36. The van der Waals surface area contributed by atoms with Crippen LogP contribution in [-0.2, 0) is 0 Å². The molecule has 1 aliphatic heterocycles. The molecular formula is C20H27FN6. The molecule has 0 atom stereocenters. The molecule has 0 radical (unpaired) electrons. The molecule has 144 valence electrons. The Bertz CT molecular complexity index is 769. The molecule has 1 saturated heterocycles. The van der Waals surface area contributed by atoms with E-state index in [1.807, 2.05) is 12.1 Å². The summed E-state index contributed by atoms with van der Waals surface area (Å²) in [5.74, 6) is 1.34. The van der Waals surface area contributed by atoms with Crippen LogP contribution in [0.2, 0.25) is 0 Å². The van der Waals surface area contributed by atoms with Gasteiger partial charge < -0.3 is 20.9 Å². The van der Waals surface area contributed by atoms with E-state index in [1.54, 1.807) is 12.4 Å². The SMILES string of the molecule is Nc1c(NC2CCCCC2)ncnc1N1CCN(c2ccccc2F)CC1. The lowest BCUT2D eigenvalue weighted by Crippen LogP contribution is -2.47. The number of hydrogen-bond acceptors (Lipinski definition) is 6. The molecular weight excluding hydrogens is 343 g/mol. The number of para-hydroxylation sites is 1. The van der Waals surface area contributed by atoms with E-state index in [9.17, 15) is 4.39 Å². The quantitative estimate of drug-likeness (QED) is 0.861. The topological polar surface area (TPSA) is 70.3 Å². The zero-order valence-electron chi connectivity index (χ0n) is 15.6. The summed E-state index contributed by atoms with van der Waals surface area (Å²) < 4.78 is 14.0. The van der Waals surface area contributed by atoms with Crippen LogP contribution in [0.15, 0.2) is 30.6 Å². The van der Waals surface area contributed by atoms with E-state index in [-0.39, 0.29) is 5.82 Å². The fraction of sp³-hybridized carbons (Fsp3) is 0.500. The maximum Gasteiger partial charge on any atom is 0.157 e. The average Bonchev–Trinajstić information content (AvgIpc) is 2.71. The smallest absolute Gasteiger partial charge is 0.157 e. The van der Waals surface area contributed by atoms with E-state index in [2.05, 4.69) is 25.1 Å². The fourth-order valence-corrected chi connectivity index (χ4v) is 4.06. The molecule has 0 bridgehead atoms. The Hall–Kier alpha value is -2.57. The minimum Gasteiger partial charge on any atom is -0.393 e. The number of hydrogen-bond donors (Lipinski definition) is 2. The first-order valence-corrected chi connectivity index (χ1v) is 9.84. The van der Waals surface area contributed by atoms with Gasteiger partial charge in [0.1, 0.15) is 17.8 Å². The number of nitrogens with one attached hydrogen (secondary N) is 1. The minimum absolute atomic E-state index is 0.175. The van der Waals surface area contributed by atoms with Gasteiger partial charge in [-0.3, -0.25) is 0 Å². The summed E-state index contributed by atoms with van der Waals surface area (Å²) in [5, 5.41) is 3.51. The van der Waals surface area contributed by atoms with E-state index < -0.39 is 0 Å². The molecule has 0 spiro atoms. The number of piperazine rings is 1. The predicted molar refractivity (Wildman–Crippen MR) is 108 cm³/mol. The van der Waals surface area contributed by atoms with Gasteiger partial charge in [-0.05, 0) is 25.0 Å². The first kappa shape index (κ1) is 17.8. The molecule has 0 unspecified atom stereocenters. The van der Waals surface area contributed by atoms with E-state index in [1.165, 1.54) is 38.2 Å². The highest BCUT2D eigenvalue weighted by molar-refractivity contribution is 5.75. The van der Waals surface area contributed by atoms with Crippen molar-refractivity contribution >= 4 is 23.0 Å². The van der Waals surface area contributed by atoms with Crippen molar-refractivity contribution in [3.63, 3.8) is 0 Å². The van der Waals surface area contributed by atoms with Crippen molar-refractivity contribution in [3.05, 3.63) is 36.4 Å². The van der Waals surface area contributed by atoms with E-state index in [0.29, 0.717) is 17.4 Å². The third kappa shape index (κ3) is 3.91. The molecule has 2 fully saturated rings. The molecule has 0 amide bonds. The summed E-state index contributed by atoms with van der Waals surface area (Å²) in [4.78, 5) is 13.0. The maximum absolute atomic E-state index is 14.0. The van der Waals surface area contributed by atoms with Crippen molar-refractivity contribution in [2.75, 3.05) is 47.0 Å². The Labute approximate surface area is 159 Å². The lowest BCUT2D eigenvalue weighted by atomic mass is 9.95. The summed E-state index contributed by atoms with van der Waals surface area (Å²) in [6, 6.07) is 7.37. The van der Waals surface area contributed by atoms with Gasteiger partial charge in [0, 0.05) is 32.2 Å². The number of aromatic nitrogens is 2. The number of rotatable bonds is 4. The molecule has 1 aromatic heterocycles. The lowest BCUT2D eigenvalue weighted by molar-refractivity contribution is 0.462. The van der Waals surface area contributed by atoms with Gasteiger partial charge in [-0.1, -0.05) is 31.4 Å². The Balaban J connectivity index is 1.43. The summed E-state index contributed by atoms with van der Waals surface area (Å²) in [6.07, 6.45) is 7.75. The average molecular weight is 370 g/mol. The zero-order valence-corrected chi connectivity index (χ0v) is 15.6. The van der Waals surface area contributed by atoms with Gasteiger partial charge in [-0.25, -0.2) is 14.4 Å². The van der Waals surface area contributed by atoms with Crippen molar-refractivity contribution in [2.45, 2.75) is 38.1 Å². The highest BCUT2D eigenvalue weighted by Gasteiger charge is 2.23. The molecule has 1 aromatic carbocycles. The van der Waals surface area contributed by atoms with Gasteiger partial charge in [-0.2, -0.15) is 0 Å². The van der Waals surface area contributed by atoms with Crippen LogP contribution in [0.4, 0.5) is 27.4 Å². The van der Waals surface area contributed by atoms with Gasteiger partial charge in [0.2, 0.25) is 0 Å². The third-order valence-corrected chi connectivity index (χ3v) is 5.58. The van der Waals surface area contributed by atoms with E-state index >= 15 is 0 Å². The molecule has 3 N–H and O–H groups in total. The Morgan fingerprint density at radius 3 is 2.41 bits per heavy atom.